The van der Waals surface area contributed by atoms with Crippen LogP contribution in [-0.2, 0) is 27.7 Å². The Morgan fingerprint density at radius 2 is 1.64 bits per heavy atom. The van der Waals surface area contributed by atoms with Crippen molar-refractivity contribution in [2.45, 2.75) is 24.8 Å². The van der Waals surface area contributed by atoms with E-state index in [1.165, 1.54) is 22.5 Å². The highest BCUT2D eigenvalue weighted by Gasteiger charge is 2.30. The molecule has 4 rings (SSSR count). The largest absolute Gasteiger partial charge is 0.454 e. The first-order chi connectivity index (χ1) is 15.8. The Labute approximate surface area is 197 Å². The summed E-state index contributed by atoms with van der Waals surface area (Å²) in [6.45, 7) is 2.00. The Kier molecular flexibility index (Phi) is 6.65. The number of hydrogen-bond donors (Lipinski definition) is 0. The van der Waals surface area contributed by atoms with Gasteiger partial charge in [-0.2, -0.15) is 4.31 Å². The average molecular weight is 484 g/mol. The number of benzene rings is 3. The van der Waals surface area contributed by atoms with Gasteiger partial charge in [-0.25, -0.2) is 13.2 Å². The molecule has 0 saturated heterocycles. The summed E-state index contributed by atoms with van der Waals surface area (Å²) in [6, 6.07) is 18.5. The minimum Gasteiger partial charge on any atom is -0.454 e. The number of Topliss-reactive ketones (excluding diaryl/α,β-unsaturated/α-hetero) is 1. The third-order valence-electron chi connectivity index (χ3n) is 5.59. The second kappa shape index (κ2) is 9.47. The van der Waals surface area contributed by atoms with E-state index in [1.807, 2.05) is 31.2 Å². The van der Waals surface area contributed by atoms with E-state index in [0.29, 0.717) is 18.5 Å². The van der Waals surface area contributed by atoms with Crippen LogP contribution in [0.3, 0.4) is 0 Å². The summed E-state index contributed by atoms with van der Waals surface area (Å²) in [7, 11) is -3.94. The van der Waals surface area contributed by atoms with Crippen molar-refractivity contribution >= 4 is 33.4 Å². The molecule has 1 heterocycles. The van der Waals surface area contributed by atoms with Gasteiger partial charge < -0.3 is 4.74 Å². The van der Waals surface area contributed by atoms with Crippen molar-refractivity contribution in [3.8, 4) is 0 Å². The van der Waals surface area contributed by atoms with Crippen molar-refractivity contribution in [1.29, 1.82) is 0 Å². The number of ketones is 1. The first kappa shape index (κ1) is 23.2. The fourth-order valence-corrected chi connectivity index (χ4v) is 5.60. The molecule has 1 aliphatic heterocycles. The van der Waals surface area contributed by atoms with Crippen LogP contribution in [0, 0.1) is 6.92 Å². The Balaban J connectivity index is 1.50. The van der Waals surface area contributed by atoms with Crippen molar-refractivity contribution in [1.82, 2.24) is 4.31 Å². The number of nitrogens with zero attached hydrogens (tertiary/aromatic N) is 1. The van der Waals surface area contributed by atoms with Gasteiger partial charge >= 0.3 is 5.97 Å². The smallest absolute Gasteiger partial charge is 0.338 e. The molecule has 0 fully saturated rings. The molecule has 0 amide bonds. The third-order valence-corrected chi connectivity index (χ3v) is 7.91. The van der Waals surface area contributed by atoms with E-state index in [9.17, 15) is 18.0 Å². The summed E-state index contributed by atoms with van der Waals surface area (Å²) in [5.74, 6) is -1.15. The Morgan fingerprint density at radius 1 is 0.970 bits per heavy atom. The van der Waals surface area contributed by atoms with Crippen LogP contribution in [0.4, 0.5) is 0 Å². The fraction of sp³-hybridized carbons (Fsp3) is 0.200. The van der Waals surface area contributed by atoms with Crippen LogP contribution >= 0.6 is 11.6 Å². The molecule has 0 unspecified atom stereocenters. The molecule has 0 aromatic heterocycles. The van der Waals surface area contributed by atoms with Crippen molar-refractivity contribution in [2.24, 2.45) is 0 Å². The molecule has 0 N–H and O–H groups in total. The molecular formula is C25H22ClNO5S. The SMILES string of the molecule is Cc1ccc(C(=O)COC(=O)c2ccc(Cl)c(S(=O)(=O)N3CCc4ccccc4C3)c2)cc1. The zero-order chi connectivity index (χ0) is 23.6. The molecule has 170 valence electrons. The van der Waals surface area contributed by atoms with Crippen molar-refractivity contribution in [3.05, 3.63) is 99.6 Å². The van der Waals surface area contributed by atoms with Crippen LogP contribution in [0.2, 0.25) is 5.02 Å². The standard InChI is InChI=1S/C25H22ClNO5S/c1-17-6-8-19(9-7-17)23(28)16-32-25(29)20-10-11-22(26)24(14-20)33(30,31)27-13-12-18-4-2-3-5-21(18)15-27/h2-11,14H,12-13,15-16H2,1H3. The summed E-state index contributed by atoms with van der Waals surface area (Å²) in [5, 5.41) is 0.0149. The molecule has 1 aliphatic rings. The number of aryl methyl sites for hydroxylation is 1. The van der Waals surface area contributed by atoms with Crippen LogP contribution in [0.5, 0.6) is 0 Å². The van der Waals surface area contributed by atoms with Gasteiger partial charge in [0.1, 0.15) is 4.90 Å². The molecule has 33 heavy (non-hydrogen) atoms. The highest BCUT2D eigenvalue weighted by Crippen LogP contribution is 2.30. The van der Waals surface area contributed by atoms with E-state index in [4.69, 9.17) is 16.3 Å². The minimum absolute atomic E-state index is 0.00657. The maximum Gasteiger partial charge on any atom is 0.338 e. The fourth-order valence-electron chi connectivity index (χ4n) is 3.68. The summed E-state index contributed by atoms with van der Waals surface area (Å²) in [4.78, 5) is 24.7. The van der Waals surface area contributed by atoms with Crippen molar-refractivity contribution < 1.29 is 22.7 Å². The lowest BCUT2D eigenvalue weighted by molar-refractivity contribution is 0.0474. The number of esters is 1. The lowest BCUT2D eigenvalue weighted by Crippen LogP contribution is -2.36. The highest BCUT2D eigenvalue weighted by atomic mass is 35.5. The quantitative estimate of drug-likeness (QED) is 0.382. The van der Waals surface area contributed by atoms with Gasteiger partial charge in [-0.05, 0) is 42.7 Å². The predicted octanol–water partition coefficient (Wildman–Crippen LogP) is 4.44. The maximum atomic E-state index is 13.3. The maximum absolute atomic E-state index is 13.3. The van der Waals surface area contributed by atoms with Gasteiger partial charge in [0, 0.05) is 18.7 Å². The van der Waals surface area contributed by atoms with Crippen LogP contribution in [0.15, 0.2) is 71.6 Å². The first-order valence-corrected chi connectivity index (χ1v) is 12.2. The van der Waals surface area contributed by atoms with Gasteiger partial charge in [0.25, 0.3) is 0 Å². The number of fused-ring (bicyclic) bond motifs is 1. The lowest BCUT2D eigenvalue weighted by Gasteiger charge is -2.28. The zero-order valence-corrected chi connectivity index (χ0v) is 19.5. The Morgan fingerprint density at radius 3 is 2.36 bits per heavy atom. The monoisotopic (exact) mass is 483 g/mol. The zero-order valence-electron chi connectivity index (χ0n) is 18.0. The molecule has 0 saturated carbocycles. The Bertz CT molecular complexity index is 1320. The molecular weight excluding hydrogens is 462 g/mol. The number of halogens is 1. The van der Waals surface area contributed by atoms with Gasteiger partial charge in [-0.1, -0.05) is 65.7 Å². The molecule has 8 heteroatoms. The van der Waals surface area contributed by atoms with Gasteiger partial charge in [-0.15, -0.1) is 0 Å². The number of ether oxygens (including phenoxy) is 1. The number of rotatable bonds is 6. The topological polar surface area (TPSA) is 80.8 Å². The van der Waals surface area contributed by atoms with E-state index in [-0.39, 0.29) is 27.8 Å². The number of carbonyl (C=O) groups excluding carboxylic acids is 2. The average Bonchev–Trinajstić information content (AvgIpc) is 2.82. The highest BCUT2D eigenvalue weighted by molar-refractivity contribution is 7.89. The summed E-state index contributed by atoms with van der Waals surface area (Å²) in [6.07, 6.45) is 0.593. The van der Waals surface area contributed by atoms with Crippen molar-refractivity contribution in [3.63, 3.8) is 0 Å². The number of hydrogen-bond acceptors (Lipinski definition) is 5. The van der Waals surface area contributed by atoms with E-state index in [0.717, 1.165) is 16.7 Å². The van der Waals surface area contributed by atoms with Gasteiger partial charge in [-0.3, -0.25) is 4.79 Å². The van der Waals surface area contributed by atoms with Crippen LogP contribution in [0.1, 0.15) is 37.4 Å². The lowest BCUT2D eigenvalue weighted by atomic mass is 10.0. The predicted molar refractivity (Wildman–Crippen MR) is 125 cm³/mol. The van der Waals surface area contributed by atoms with Gasteiger partial charge in [0.05, 0.1) is 10.6 Å². The van der Waals surface area contributed by atoms with Gasteiger partial charge in [0.2, 0.25) is 10.0 Å². The third kappa shape index (κ3) is 5.00. The molecule has 3 aromatic carbocycles. The second-order valence-corrected chi connectivity index (χ2v) is 10.2. The van der Waals surface area contributed by atoms with E-state index in [1.54, 1.807) is 24.3 Å². The Hall–Kier alpha value is -3.00. The normalized spacial score (nSPS) is 13.9. The molecule has 6 nitrogen and oxygen atoms in total. The van der Waals surface area contributed by atoms with Crippen LogP contribution < -0.4 is 0 Å². The summed E-state index contributed by atoms with van der Waals surface area (Å²) in [5.41, 5.74) is 3.50. The number of sulfonamides is 1. The molecule has 0 atom stereocenters. The first-order valence-electron chi connectivity index (χ1n) is 10.4. The van der Waals surface area contributed by atoms with E-state index in [2.05, 4.69) is 0 Å². The number of carbonyl (C=O) groups is 2. The van der Waals surface area contributed by atoms with Gasteiger partial charge in [0.15, 0.2) is 12.4 Å². The molecule has 0 radical (unpaired) electrons. The summed E-state index contributed by atoms with van der Waals surface area (Å²) >= 11 is 6.21. The molecule has 0 spiro atoms. The molecule has 0 bridgehead atoms. The van der Waals surface area contributed by atoms with Crippen molar-refractivity contribution in [2.75, 3.05) is 13.2 Å². The second-order valence-electron chi connectivity index (χ2n) is 7.87. The summed E-state index contributed by atoms with van der Waals surface area (Å²) < 4.78 is 33.1. The molecule has 0 aliphatic carbocycles. The van der Waals surface area contributed by atoms with E-state index < -0.39 is 22.6 Å². The van der Waals surface area contributed by atoms with Crippen LogP contribution in [0.25, 0.3) is 0 Å². The van der Waals surface area contributed by atoms with Crippen LogP contribution in [-0.4, -0.2) is 37.6 Å². The molecule has 3 aromatic rings. The minimum atomic E-state index is -3.94. The van der Waals surface area contributed by atoms with E-state index >= 15 is 0 Å².